The van der Waals surface area contributed by atoms with E-state index in [-0.39, 0.29) is 40.8 Å². The van der Waals surface area contributed by atoms with Gasteiger partial charge < -0.3 is 14.7 Å². The van der Waals surface area contributed by atoms with E-state index in [1.807, 2.05) is 0 Å². The van der Waals surface area contributed by atoms with Gasteiger partial charge in [-0.05, 0) is 43.9 Å². The molecular weight excluding hydrogens is 382 g/mol. The van der Waals surface area contributed by atoms with Crippen molar-refractivity contribution in [3.8, 4) is 5.75 Å². The number of phenols is 1. The zero-order chi connectivity index (χ0) is 20.3. The lowest BCUT2D eigenvalue weighted by Gasteiger charge is -2.38. The summed E-state index contributed by atoms with van der Waals surface area (Å²) in [5.41, 5.74) is 0.808. The van der Waals surface area contributed by atoms with E-state index in [0.717, 1.165) is 37.7 Å². The summed E-state index contributed by atoms with van der Waals surface area (Å²) in [5.74, 6) is -1.27. The van der Waals surface area contributed by atoms with Gasteiger partial charge >= 0.3 is 5.97 Å². The maximum atomic E-state index is 12.9. The number of rotatable bonds is 5. The number of phenolic OH excluding ortho intramolecular Hbond substituents is 1. The zero-order valence-electron chi connectivity index (χ0n) is 16.1. The Hall–Kier alpha value is -2.09. The fourth-order valence-electron chi connectivity index (χ4n) is 4.15. The fourth-order valence-corrected chi connectivity index (χ4v) is 5.86. The standard InChI is InChI=1S/C20H27NO6S/c1-14-7-8-17(18(22)11-14)20(24)27-12-19(23)21(15-5-3-2-4-6-15)16-9-10-28(25,26)13-16/h7-8,11,15-16,22H,2-6,9-10,12-13H2,1H3. The van der Waals surface area contributed by atoms with Gasteiger partial charge in [-0.2, -0.15) is 0 Å². The lowest BCUT2D eigenvalue weighted by molar-refractivity contribution is -0.140. The van der Waals surface area contributed by atoms with E-state index >= 15 is 0 Å². The van der Waals surface area contributed by atoms with Crippen LogP contribution in [0.4, 0.5) is 0 Å². The molecule has 0 radical (unpaired) electrons. The maximum Gasteiger partial charge on any atom is 0.342 e. The van der Waals surface area contributed by atoms with Crippen LogP contribution in [0.5, 0.6) is 5.75 Å². The van der Waals surface area contributed by atoms with Crippen LogP contribution in [0, 0.1) is 6.92 Å². The summed E-state index contributed by atoms with van der Waals surface area (Å²) in [6, 6.07) is 4.23. The molecule has 0 aromatic heterocycles. The van der Waals surface area contributed by atoms with Crippen LogP contribution >= 0.6 is 0 Å². The molecule has 1 heterocycles. The van der Waals surface area contributed by atoms with Crippen molar-refractivity contribution in [1.29, 1.82) is 0 Å². The van der Waals surface area contributed by atoms with Crippen LogP contribution in [0.2, 0.25) is 0 Å². The Bertz CT molecular complexity index is 844. The van der Waals surface area contributed by atoms with Crippen molar-refractivity contribution in [2.75, 3.05) is 18.1 Å². The number of sulfone groups is 1. The van der Waals surface area contributed by atoms with E-state index in [1.165, 1.54) is 12.1 Å². The van der Waals surface area contributed by atoms with Crippen molar-refractivity contribution in [2.45, 2.75) is 57.5 Å². The number of nitrogens with zero attached hydrogens (tertiary/aromatic N) is 1. The number of aromatic hydroxyl groups is 1. The normalized spacial score (nSPS) is 22.0. The minimum absolute atomic E-state index is 0.00561. The van der Waals surface area contributed by atoms with Gasteiger partial charge in [-0.15, -0.1) is 0 Å². The van der Waals surface area contributed by atoms with E-state index in [9.17, 15) is 23.1 Å². The highest BCUT2D eigenvalue weighted by Gasteiger charge is 2.38. The molecule has 7 nitrogen and oxygen atoms in total. The zero-order valence-corrected chi connectivity index (χ0v) is 16.9. The molecule has 1 atom stereocenters. The maximum absolute atomic E-state index is 12.9. The first-order valence-corrected chi connectivity index (χ1v) is 11.6. The lowest BCUT2D eigenvalue weighted by atomic mass is 9.93. The molecule has 1 saturated heterocycles. The Labute approximate surface area is 165 Å². The Kier molecular flexibility index (Phi) is 6.27. The molecule has 1 aliphatic carbocycles. The Morgan fingerprint density at radius 3 is 2.46 bits per heavy atom. The van der Waals surface area contributed by atoms with Crippen molar-refractivity contribution in [3.63, 3.8) is 0 Å². The molecule has 8 heteroatoms. The van der Waals surface area contributed by atoms with Gasteiger partial charge in [0, 0.05) is 12.1 Å². The van der Waals surface area contributed by atoms with Gasteiger partial charge in [0.1, 0.15) is 11.3 Å². The molecule has 1 aromatic carbocycles. The van der Waals surface area contributed by atoms with E-state index in [1.54, 1.807) is 17.9 Å². The van der Waals surface area contributed by atoms with Gasteiger partial charge in [0.05, 0.1) is 11.5 Å². The Morgan fingerprint density at radius 2 is 1.86 bits per heavy atom. The van der Waals surface area contributed by atoms with Crippen LogP contribution in [0.25, 0.3) is 0 Å². The molecule has 1 aromatic rings. The van der Waals surface area contributed by atoms with Gasteiger partial charge in [-0.3, -0.25) is 4.79 Å². The highest BCUT2D eigenvalue weighted by Crippen LogP contribution is 2.28. The Balaban J connectivity index is 1.69. The predicted octanol–water partition coefficient (Wildman–Crippen LogP) is 2.21. The van der Waals surface area contributed by atoms with Crippen LogP contribution in [0.1, 0.15) is 54.4 Å². The molecule has 0 spiro atoms. The summed E-state index contributed by atoms with van der Waals surface area (Å²) in [5, 5.41) is 9.91. The summed E-state index contributed by atoms with van der Waals surface area (Å²) in [6.45, 7) is 1.33. The molecule has 1 saturated carbocycles. The molecule has 2 aliphatic rings. The van der Waals surface area contributed by atoms with E-state index in [0.29, 0.717) is 6.42 Å². The van der Waals surface area contributed by atoms with Gasteiger partial charge in [0.15, 0.2) is 16.4 Å². The smallest absolute Gasteiger partial charge is 0.342 e. The minimum Gasteiger partial charge on any atom is -0.507 e. The number of ether oxygens (including phenoxy) is 1. The number of amides is 1. The van der Waals surface area contributed by atoms with E-state index < -0.39 is 22.4 Å². The second-order valence-corrected chi connectivity index (χ2v) is 9.98. The lowest BCUT2D eigenvalue weighted by Crippen LogP contribution is -2.50. The molecule has 28 heavy (non-hydrogen) atoms. The SMILES string of the molecule is Cc1ccc(C(=O)OCC(=O)N(C2CCCCC2)C2CCS(=O)(=O)C2)c(O)c1. The molecule has 1 unspecified atom stereocenters. The van der Waals surface area contributed by atoms with Crippen LogP contribution in [0.3, 0.4) is 0 Å². The topological polar surface area (TPSA) is 101 Å². The van der Waals surface area contributed by atoms with Crippen molar-refractivity contribution >= 4 is 21.7 Å². The van der Waals surface area contributed by atoms with Crippen molar-refractivity contribution in [2.24, 2.45) is 0 Å². The highest BCUT2D eigenvalue weighted by molar-refractivity contribution is 7.91. The van der Waals surface area contributed by atoms with Gasteiger partial charge in [-0.25, -0.2) is 13.2 Å². The predicted molar refractivity (Wildman–Crippen MR) is 104 cm³/mol. The third-order valence-corrected chi connectivity index (χ3v) is 7.31. The summed E-state index contributed by atoms with van der Waals surface area (Å²) < 4.78 is 29.0. The summed E-state index contributed by atoms with van der Waals surface area (Å²) in [4.78, 5) is 26.8. The van der Waals surface area contributed by atoms with Crippen molar-refractivity contribution in [3.05, 3.63) is 29.3 Å². The average Bonchev–Trinajstić information content (AvgIpc) is 3.00. The second-order valence-electron chi connectivity index (χ2n) is 7.75. The minimum atomic E-state index is -3.13. The van der Waals surface area contributed by atoms with Gasteiger partial charge in [0.2, 0.25) is 0 Å². The number of hydrogen-bond donors (Lipinski definition) is 1. The molecule has 1 aliphatic heterocycles. The van der Waals surface area contributed by atoms with Crippen LogP contribution < -0.4 is 0 Å². The van der Waals surface area contributed by atoms with Crippen LogP contribution in [0.15, 0.2) is 18.2 Å². The quantitative estimate of drug-likeness (QED) is 0.748. The van der Waals surface area contributed by atoms with Crippen molar-refractivity contribution < 1.29 is 27.9 Å². The number of carbonyl (C=O) groups excluding carboxylic acids is 2. The number of esters is 1. The number of benzene rings is 1. The van der Waals surface area contributed by atoms with Crippen molar-refractivity contribution in [1.82, 2.24) is 4.90 Å². The third kappa shape index (κ3) is 4.84. The Morgan fingerprint density at radius 1 is 1.14 bits per heavy atom. The first-order valence-electron chi connectivity index (χ1n) is 9.75. The van der Waals surface area contributed by atoms with Crippen LogP contribution in [-0.4, -0.2) is 60.5 Å². The monoisotopic (exact) mass is 409 g/mol. The molecule has 1 N–H and O–H groups in total. The second kappa shape index (κ2) is 8.51. The van der Waals surface area contributed by atoms with Crippen LogP contribution in [-0.2, 0) is 19.4 Å². The number of hydrogen-bond acceptors (Lipinski definition) is 6. The van der Waals surface area contributed by atoms with Gasteiger partial charge in [0.25, 0.3) is 5.91 Å². The largest absolute Gasteiger partial charge is 0.507 e. The fraction of sp³-hybridized carbons (Fsp3) is 0.600. The molecule has 1 amide bonds. The average molecular weight is 410 g/mol. The molecule has 3 rings (SSSR count). The highest BCUT2D eigenvalue weighted by atomic mass is 32.2. The number of aryl methyl sites for hydroxylation is 1. The van der Waals surface area contributed by atoms with E-state index in [4.69, 9.17) is 4.74 Å². The number of carbonyl (C=O) groups is 2. The third-order valence-electron chi connectivity index (χ3n) is 5.56. The molecule has 0 bridgehead atoms. The molecular formula is C20H27NO6S. The summed E-state index contributed by atoms with van der Waals surface area (Å²) >= 11 is 0. The summed E-state index contributed by atoms with van der Waals surface area (Å²) in [7, 11) is -3.13. The van der Waals surface area contributed by atoms with E-state index in [2.05, 4.69) is 0 Å². The first kappa shape index (κ1) is 20.6. The first-order chi connectivity index (χ1) is 13.3. The molecule has 2 fully saturated rings. The molecule has 154 valence electrons. The van der Waals surface area contributed by atoms with Gasteiger partial charge in [-0.1, -0.05) is 25.3 Å². The summed E-state index contributed by atoms with van der Waals surface area (Å²) in [6.07, 6.45) is 5.24.